The number of anilines is 1. The van der Waals surface area contributed by atoms with Gasteiger partial charge in [-0.05, 0) is 23.8 Å². The van der Waals surface area contributed by atoms with Gasteiger partial charge in [-0.15, -0.1) is 0 Å². The van der Waals surface area contributed by atoms with Crippen LogP contribution < -0.4 is 5.73 Å². The molecule has 0 spiro atoms. The molecule has 102 valence electrons. The van der Waals surface area contributed by atoms with Crippen LogP contribution in [0.3, 0.4) is 0 Å². The highest BCUT2D eigenvalue weighted by Gasteiger charge is 2.12. The van der Waals surface area contributed by atoms with Gasteiger partial charge < -0.3 is 10.5 Å². The first-order valence-electron chi connectivity index (χ1n) is 6.07. The monoisotopic (exact) mass is 288 g/mol. The summed E-state index contributed by atoms with van der Waals surface area (Å²) in [6.07, 6.45) is 1.58. The van der Waals surface area contributed by atoms with Gasteiger partial charge in [0, 0.05) is 13.3 Å². The van der Waals surface area contributed by atoms with E-state index in [1.807, 2.05) is 24.3 Å². The smallest absolute Gasteiger partial charge is 0.207 e. The molecule has 2 heterocycles. The number of nitrogens with two attached hydrogens (primary N) is 1. The van der Waals surface area contributed by atoms with Crippen molar-refractivity contribution in [3.8, 4) is 5.69 Å². The minimum Gasteiger partial charge on any atom is -0.380 e. The summed E-state index contributed by atoms with van der Waals surface area (Å²) in [6.45, 7) is 0.541. The van der Waals surface area contributed by atoms with E-state index < -0.39 is 0 Å². The second-order valence-electron chi connectivity index (χ2n) is 4.40. The third kappa shape index (κ3) is 2.21. The van der Waals surface area contributed by atoms with Crippen LogP contribution in [-0.2, 0) is 11.3 Å². The Kier molecular flexibility index (Phi) is 3.30. The predicted molar refractivity (Wildman–Crippen MR) is 79.0 cm³/mol. The van der Waals surface area contributed by atoms with Gasteiger partial charge >= 0.3 is 0 Å². The SMILES string of the molecule is COCc1cccc(-n2c(N)nc3cc(Cl)cnc32)c1. The number of aromatic nitrogens is 3. The van der Waals surface area contributed by atoms with Crippen LogP contribution in [0.15, 0.2) is 36.5 Å². The largest absolute Gasteiger partial charge is 0.380 e. The Morgan fingerprint density at radius 1 is 1.35 bits per heavy atom. The van der Waals surface area contributed by atoms with Gasteiger partial charge in [0.2, 0.25) is 5.95 Å². The predicted octanol–water partition coefficient (Wildman–Crippen LogP) is 2.80. The van der Waals surface area contributed by atoms with Gasteiger partial charge in [-0.1, -0.05) is 23.7 Å². The quantitative estimate of drug-likeness (QED) is 0.805. The molecule has 20 heavy (non-hydrogen) atoms. The minimum absolute atomic E-state index is 0.379. The van der Waals surface area contributed by atoms with Crippen molar-refractivity contribution in [1.29, 1.82) is 0 Å². The van der Waals surface area contributed by atoms with Crippen LogP contribution in [0.2, 0.25) is 5.02 Å². The fourth-order valence-electron chi connectivity index (χ4n) is 2.16. The van der Waals surface area contributed by atoms with Gasteiger partial charge in [0.05, 0.1) is 17.3 Å². The Hall–Kier alpha value is -2.11. The van der Waals surface area contributed by atoms with Crippen molar-refractivity contribution in [2.24, 2.45) is 0 Å². The van der Waals surface area contributed by atoms with Crippen LogP contribution >= 0.6 is 11.6 Å². The van der Waals surface area contributed by atoms with Crippen molar-refractivity contribution < 1.29 is 4.74 Å². The van der Waals surface area contributed by atoms with E-state index in [4.69, 9.17) is 22.1 Å². The molecule has 0 aliphatic carbocycles. The third-order valence-electron chi connectivity index (χ3n) is 2.97. The number of hydrogen-bond donors (Lipinski definition) is 1. The normalized spacial score (nSPS) is 11.1. The Morgan fingerprint density at radius 3 is 3.00 bits per heavy atom. The molecule has 0 saturated heterocycles. The average Bonchev–Trinajstić information content (AvgIpc) is 2.74. The molecule has 0 amide bonds. The lowest BCUT2D eigenvalue weighted by molar-refractivity contribution is 0.185. The maximum absolute atomic E-state index is 6.00. The highest BCUT2D eigenvalue weighted by atomic mass is 35.5. The van der Waals surface area contributed by atoms with E-state index in [-0.39, 0.29) is 0 Å². The van der Waals surface area contributed by atoms with Crippen LogP contribution in [-0.4, -0.2) is 21.6 Å². The second-order valence-corrected chi connectivity index (χ2v) is 4.84. The second kappa shape index (κ2) is 5.11. The van der Waals surface area contributed by atoms with Crippen molar-refractivity contribution >= 4 is 28.7 Å². The maximum Gasteiger partial charge on any atom is 0.207 e. The standard InChI is InChI=1S/C14H13ClN4O/c1-20-8-9-3-2-4-11(5-9)19-13-12(18-14(19)16)6-10(15)7-17-13/h2-7H,8H2,1H3,(H2,16,18). The van der Waals surface area contributed by atoms with Gasteiger partial charge in [-0.2, -0.15) is 0 Å². The highest BCUT2D eigenvalue weighted by molar-refractivity contribution is 6.31. The van der Waals surface area contributed by atoms with Crippen molar-refractivity contribution in [2.75, 3.05) is 12.8 Å². The molecule has 2 N–H and O–H groups in total. The number of nitrogens with zero attached hydrogens (tertiary/aromatic N) is 3. The van der Waals surface area contributed by atoms with E-state index in [1.54, 1.807) is 23.9 Å². The topological polar surface area (TPSA) is 66.0 Å². The number of halogens is 1. The van der Waals surface area contributed by atoms with Crippen LogP contribution in [0.4, 0.5) is 5.95 Å². The lowest BCUT2D eigenvalue weighted by Gasteiger charge is -2.08. The Bertz CT molecular complexity index is 769. The van der Waals surface area contributed by atoms with E-state index in [9.17, 15) is 0 Å². The molecule has 6 heteroatoms. The Morgan fingerprint density at radius 2 is 2.20 bits per heavy atom. The van der Waals surface area contributed by atoms with Crippen LogP contribution in [0.1, 0.15) is 5.56 Å². The van der Waals surface area contributed by atoms with Gasteiger partial charge in [0.15, 0.2) is 5.65 Å². The molecule has 3 rings (SSSR count). The molecule has 2 aromatic heterocycles. The lowest BCUT2D eigenvalue weighted by Crippen LogP contribution is -2.02. The van der Waals surface area contributed by atoms with E-state index in [0.29, 0.717) is 28.7 Å². The van der Waals surface area contributed by atoms with Crippen LogP contribution in [0, 0.1) is 0 Å². The van der Waals surface area contributed by atoms with Gasteiger partial charge in [0.1, 0.15) is 5.52 Å². The molecule has 0 fully saturated rings. The zero-order valence-corrected chi connectivity index (χ0v) is 11.6. The summed E-state index contributed by atoms with van der Waals surface area (Å²) >= 11 is 5.92. The molecule has 5 nitrogen and oxygen atoms in total. The minimum atomic E-state index is 0.379. The van der Waals surface area contributed by atoms with Crippen LogP contribution in [0.25, 0.3) is 16.9 Å². The first-order valence-corrected chi connectivity index (χ1v) is 6.44. The van der Waals surface area contributed by atoms with Gasteiger partial charge in [-0.3, -0.25) is 4.57 Å². The number of hydrogen-bond acceptors (Lipinski definition) is 4. The fourth-order valence-corrected chi connectivity index (χ4v) is 2.32. The molecule has 0 aliphatic rings. The summed E-state index contributed by atoms with van der Waals surface area (Å²) in [5.74, 6) is 0.379. The third-order valence-corrected chi connectivity index (χ3v) is 3.18. The first kappa shape index (κ1) is 12.9. The number of imidazole rings is 1. The molecule has 1 aromatic carbocycles. The number of pyridine rings is 1. The summed E-state index contributed by atoms with van der Waals surface area (Å²) in [7, 11) is 1.66. The van der Waals surface area contributed by atoms with Crippen molar-refractivity contribution in [3.05, 3.63) is 47.1 Å². The molecule has 0 unspecified atom stereocenters. The van der Waals surface area contributed by atoms with E-state index in [0.717, 1.165) is 11.3 Å². The van der Waals surface area contributed by atoms with Crippen molar-refractivity contribution in [1.82, 2.24) is 14.5 Å². The number of rotatable bonds is 3. The molecule has 0 aliphatic heterocycles. The maximum atomic E-state index is 6.00. The van der Waals surface area contributed by atoms with Crippen molar-refractivity contribution in [3.63, 3.8) is 0 Å². The number of fused-ring (bicyclic) bond motifs is 1. The highest BCUT2D eigenvalue weighted by Crippen LogP contribution is 2.24. The summed E-state index contributed by atoms with van der Waals surface area (Å²) in [5.41, 5.74) is 9.31. The number of ether oxygens (including phenoxy) is 1. The summed E-state index contributed by atoms with van der Waals surface area (Å²) in [6, 6.07) is 9.64. The molecule has 3 aromatic rings. The number of benzene rings is 1. The fraction of sp³-hybridized carbons (Fsp3) is 0.143. The van der Waals surface area contributed by atoms with Crippen molar-refractivity contribution in [2.45, 2.75) is 6.61 Å². The molecule has 0 bridgehead atoms. The average molecular weight is 289 g/mol. The van der Waals surface area contributed by atoms with E-state index in [1.165, 1.54) is 0 Å². The molecule has 0 radical (unpaired) electrons. The summed E-state index contributed by atoms with van der Waals surface area (Å²) < 4.78 is 6.94. The summed E-state index contributed by atoms with van der Waals surface area (Å²) in [4.78, 5) is 8.60. The Labute approximate surface area is 121 Å². The molecular formula is C14H13ClN4O. The zero-order chi connectivity index (χ0) is 14.1. The van der Waals surface area contributed by atoms with Gasteiger partial charge in [-0.25, -0.2) is 9.97 Å². The molecule has 0 saturated carbocycles. The lowest BCUT2D eigenvalue weighted by atomic mass is 10.2. The summed E-state index contributed by atoms with van der Waals surface area (Å²) in [5, 5.41) is 0.537. The molecule has 0 atom stereocenters. The number of nitrogen functional groups attached to an aromatic ring is 1. The first-order chi connectivity index (χ1) is 9.69. The van der Waals surface area contributed by atoms with E-state index in [2.05, 4.69) is 9.97 Å². The number of methoxy groups -OCH3 is 1. The molecular weight excluding hydrogens is 276 g/mol. The Balaban J connectivity index is 2.18. The zero-order valence-electron chi connectivity index (χ0n) is 10.9. The van der Waals surface area contributed by atoms with E-state index >= 15 is 0 Å². The van der Waals surface area contributed by atoms with Gasteiger partial charge in [0.25, 0.3) is 0 Å². The van der Waals surface area contributed by atoms with Crippen LogP contribution in [0.5, 0.6) is 0 Å².